The van der Waals surface area contributed by atoms with Crippen LogP contribution in [0, 0.1) is 11.3 Å². The van der Waals surface area contributed by atoms with E-state index >= 15 is 0 Å². The maximum Gasteiger partial charge on any atom is 0.257 e. The summed E-state index contributed by atoms with van der Waals surface area (Å²) in [4.78, 5) is 17.0. The van der Waals surface area contributed by atoms with Crippen molar-refractivity contribution in [3.63, 3.8) is 0 Å². The number of rotatable bonds is 3. The van der Waals surface area contributed by atoms with Gasteiger partial charge in [-0.1, -0.05) is 12.1 Å². The average molecular weight is 315 g/mol. The van der Waals surface area contributed by atoms with E-state index in [0.717, 1.165) is 19.6 Å². The SMILES string of the molecule is CN1CCO[C@H]2CCN(C(=O)c3ccccc3OCC#N)C[C@H]21. The number of nitrogens with zero attached hydrogens (tertiary/aromatic N) is 3. The Bertz CT molecular complexity index is 613. The van der Waals surface area contributed by atoms with E-state index in [2.05, 4.69) is 11.9 Å². The quantitative estimate of drug-likeness (QED) is 0.837. The van der Waals surface area contributed by atoms with Gasteiger partial charge in [0.05, 0.1) is 24.3 Å². The molecule has 1 aromatic carbocycles. The van der Waals surface area contributed by atoms with Gasteiger partial charge in [0.2, 0.25) is 0 Å². The first-order valence-corrected chi connectivity index (χ1v) is 7.90. The molecular weight excluding hydrogens is 294 g/mol. The molecule has 0 aromatic heterocycles. The standard InChI is InChI=1S/C17H21N3O3/c1-19-9-11-23-16-6-8-20(12-14(16)19)17(21)13-4-2-3-5-15(13)22-10-7-18/h2-5,14,16H,6,8-12H2,1H3/t14-,16+/m1/s1. The van der Waals surface area contributed by atoms with E-state index in [0.29, 0.717) is 24.4 Å². The maximum atomic E-state index is 12.9. The summed E-state index contributed by atoms with van der Waals surface area (Å²) in [5.74, 6) is 0.422. The molecule has 23 heavy (non-hydrogen) atoms. The fourth-order valence-electron chi connectivity index (χ4n) is 3.28. The van der Waals surface area contributed by atoms with Crippen molar-refractivity contribution in [2.45, 2.75) is 18.6 Å². The van der Waals surface area contributed by atoms with Gasteiger partial charge in [0.1, 0.15) is 11.8 Å². The van der Waals surface area contributed by atoms with Crippen LogP contribution in [-0.4, -0.2) is 67.7 Å². The van der Waals surface area contributed by atoms with Gasteiger partial charge in [-0.25, -0.2) is 0 Å². The van der Waals surface area contributed by atoms with Crippen LogP contribution in [0.1, 0.15) is 16.8 Å². The predicted octanol–water partition coefficient (Wildman–Crippen LogP) is 1.13. The van der Waals surface area contributed by atoms with E-state index in [-0.39, 0.29) is 24.7 Å². The zero-order valence-corrected chi connectivity index (χ0v) is 13.3. The zero-order valence-electron chi connectivity index (χ0n) is 13.3. The Kier molecular flexibility index (Phi) is 4.79. The minimum absolute atomic E-state index is 0.0454. The smallest absolute Gasteiger partial charge is 0.257 e. The van der Waals surface area contributed by atoms with Crippen LogP contribution in [0.4, 0.5) is 0 Å². The highest BCUT2D eigenvalue weighted by atomic mass is 16.5. The number of likely N-dealkylation sites (N-methyl/N-ethyl adjacent to an activating group) is 1. The van der Waals surface area contributed by atoms with E-state index in [1.54, 1.807) is 18.2 Å². The largest absolute Gasteiger partial charge is 0.478 e. The van der Waals surface area contributed by atoms with Crippen LogP contribution in [0.3, 0.4) is 0 Å². The van der Waals surface area contributed by atoms with Crippen LogP contribution in [0.2, 0.25) is 0 Å². The number of nitriles is 1. The minimum atomic E-state index is -0.0639. The van der Waals surface area contributed by atoms with Gasteiger partial charge in [-0.15, -0.1) is 0 Å². The third kappa shape index (κ3) is 3.31. The number of fused-ring (bicyclic) bond motifs is 1. The van der Waals surface area contributed by atoms with Crippen LogP contribution in [0.5, 0.6) is 5.75 Å². The van der Waals surface area contributed by atoms with Crippen LogP contribution in [-0.2, 0) is 4.74 Å². The normalized spacial score (nSPS) is 24.6. The summed E-state index contributed by atoms with van der Waals surface area (Å²) in [5, 5.41) is 8.67. The van der Waals surface area contributed by atoms with E-state index in [4.69, 9.17) is 14.7 Å². The van der Waals surface area contributed by atoms with Gasteiger partial charge in [0.15, 0.2) is 6.61 Å². The molecule has 6 nitrogen and oxygen atoms in total. The second-order valence-electron chi connectivity index (χ2n) is 5.94. The van der Waals surface area contributed by atoms with Crippen molar-refractivity contribution in [2.75, 3.05) is 39.9 Å². The molecule has 2 aliphatic rings. The highest BCUT2D eigenvalue weighted by molar-refractivity contribution is 5.97. The van der Waals surface area contributed by atoms with Crippen molar-refractivity contribution in [3.05, 3.63) is 29.8 Å². The summed E-state index contributed by atoms with van der Waals surface area (Å²) in [7, 11) is 2.08. The zero-order chi connectivity index (χ0) is 16.2. The Hall–Kier alpha value is -2.10. The molecule has 2 fully saturated rings. The summed E-state index contributed by atoms with van der Waals surface area (Å²) in [5.41, 5.74) is 0.514. The number of likely N-dealkylation sites (tertiary alicyclic amines) is 1. The van der Waals surface area contributed by atoms with Gasteiger partial charge < -0.3 is 14.4 Å². The van der Waals surface area contributed by atoms with Crippen molar-refractivity contribution < 1.29 is 14.3 Å². The summed E-state index contributed by atoms with van der Waals surface area (Å²) in [6.45, 7) is 2.93. The summed E-state index contributed by atoms with van der Waals surface area (Å²) in [6, 6.07) is 9.28. The van der Waals surface area contributed by atoms with Gasteiger partial charge in [0, 0.05) is 19.6 Å². The number of hydrogen-bond acceptors (Lipinski definition) is 5. The van der Waals surface area contributed by atoms with E-state index in [9.17, 15) is 4.79 Å². The first-order valence-electron chi connectivity index (χ1n) is 7.90. The van der Waals surface area contributed by atoms with Gasteiger partial charge >= 0.3 is 0 Å². The lowest BCUT2D eigenvalue weighted by atomic mass is 9.98. The highest BCUT2D eigenvalue weighted by Gasteiger charge is 2.37. The molecule has 6 heteroatoms. The predicted molar refractivity (Wildman–Crippen MR) is 84.2 cm³/mol. The molecule has 0 aliphatic carbocycles. The third-order valence-electron chi connectivity index (χ3n) is 4.56. The summed E-state index contributed by atoms with van der Waals surface area (Å²) in [6.07, 6.45) is 1.06. The molecule has 0 saturated carbocycles. The Morgan fingerprint density at radius 1 is 1.43 bits per heavy atom. The Labute approximate surface area is 136 Å². The topological polar surface area (TPSA) is 65.8 Å². The maximum absolute atomic E-state index is 12.9. The van der Waals surface area contributed by atoms with Gasteiger partial charge in [-0.3, -0.25) is 9.69 Å². The lowest BCUT2D eigenvalue weighted by molar-refractivity contribution is -0.0893. The molecule has 2 heterocycles. The third-order valence-corrected chi connectivity index (χ3v) is 4.56. The number of morpholine rings is 1. The van der Waals surface area contributed by atoms with Crippen LogP contribution in [0.25, 0.3) is 0 Å². The molecule has 0 bridgehead atoms. The fraction of sp³-hybridized carbons (Fsp3) is 0.529. The second kappa shape index (κ2) is 6.99. The molecular formula is C17H21N3O3. The van der Waals surface area contributed by atoms with Crippen LogP contribution < -0.4 is 4.74 Å². The monoisotopic (exact) mass is 315 g/mol. The molecule has 0 radical (unpaired) electrons. The minimum Gasteiger partial charge on any atom is -0.478 e. The van der Waals surface area contributed by atoms with Crippen LogP contribution >= 0.6 is 0 Å². The van der Waals surface area contributed by atoms with Crippen molar-refractivity contribution in [2.24, 2.45) is 0 Å². The van der Waals surface area contributed by atoms with Gasteiger partial charge in [-0.2, -0.15) is 5.26 Å². The van der Waals surface area contributed by atoms with E-state index in [1.165, 1.54) is 0 Å². The van der Waals surface area contributed by atoms with Crippen molar-refractivity contribution in [1.82, 2.24) is 9.80 Å². The van der Waals surface area contributed by atoms with Crippen LogP contribution in [0.15, 0.2) is 24.3 Å². The molecule has 2 atom stereocenters. The Balaban J connectivity index is 1.75. The van der Waals surface area contributed by atoms with Crippen molar-refractivity contribution in [3.8, 4) is 11.8 Å². The van der Waals surface area contributed by atoms with E-state index < -0.39 is 0 Å². The number of carbonyl (C=O) groups is 1. The second-order valence-corrected chi connectivity index (χ2v) is 5.94. The molecule has 0 N–H and O–H groups in total. The first kappa shape index (κ1) is 15.8. The molecule has 2 aliphatic heterocycles. The highest BCUT2D eigenvalue weighted by Crippen LogP contribution is 2.25. The lowest BCUT2D eigenvalue weighted by Gasteiger charge is -2.45. The molecule has 1 amide bonds. The molecule has 0 unspecified atom stereocenters. The van der Waals surface area contributed by atoms with Crippen molar-refractivity contribution in [1.29, 1.82) is 5.26 Å². The number of ether oxygens (including phenoxy) is 2. The molecule has 2 saturated heterocycles. The number of piperidine rings is 1. The van der Waals surface area contributed by atoms with Crippen molar-refractivity contribution >= 4 is 5.91 Å². The molecule has 0 spiro atoms. The average Bonchev–Trinajstić information content (AvgIpc) is 2.60. The Morgan fingerprint density at radius 3 is 3.09 bits per heavy atom. The number of benzene rings is 1. The molecule has 122 valence electrons. The van der Waals surface area contributed by atoms with Gasteiger partial charge in [-0.05, 0) is 25.6 Å². The first-order chi connectivity index (χ1) is 11.2. The molecule has 1 aromatic rings. The summed E-state index contributed by atoms with van der Waals surface area (Å²) >= 11 is 0. The fourth-order valence-corrected chi connectivity index (χ4v) is 3.28. The number of hydrogen-bond donors (Lipinski definition) is 0. The number of amides is 1. The Morgan fingerprint density at radius 2 is 2.26 bits per heavy atom. The van der Waals surface area contributed by atoms with E-state index in [1.807, 2.05) is 17.0 Å². The van der Waals surface area contributed by atoms with Gasteiger partial charge in [0.25, 0.3) is 5.91 Å². The summed E-state index contributed by atoms with van der Waals surface area (Å²) < 4.78 is 11.2. The number of para-hydroxylation sites is 1. The lowest BCUT2D eigenvalue weighted by Crippen LogP contribution is -2.59. The number of carbonyl (C=O) groups excluding carboxylic acids is 1. The molecule has 3 rings (SSSR count).